The van der Waals surface area contributed by atoms with Crippen LogP contribution in [0.25, 0.3) is 0 Å². The standard InChI is InChI=1S/C11H13ClN2O/c12-7-11(15)14-6-2-4-10(14)9-3-1-5-13-8-9/h1,3,5,8,10H,2,4,6-7H2/t10-/m0/s1. The number of amides is 1. The maximum Gasteiger partial charge on any atom is 0.238 e. The van der Waals surface area contributed by atoms with Crippen molar-refractivity contribution in [3.05, 3.63) is 30.1 Å². The van der Waals surface area contributed by atoms with Crippen molar-refractivity contribution in [2.75, 3.05) is 12.4 Å². The van der Waals surface area contributed by atoms with Gasteiger partial charge >= 0.3 is 0 Å². The number of halogens is 1. The summed E-state index contributed by atoms with van der Waals surface area (Å²) in [5, 5.41) is 0. The van der Waals surface area contributed by atoms with E-state index in [1.54, 1.807) is 6.20 Å². The molecular formula is C11H13ClN2O. The maximum absolute atomic E-state index is 11.6. The zero-order valence-electron chi connectivity index (χ0n) is 8.40. The number of aromatic nitrogens is 1. The molecule has 3 nitrogen and oxygen atoms in total. The molecule has 1 aromatic rings. The third kappa shape index (κ3) is 2.12. The lowest BCUT2D eigenvalue weighted by atomic mass is 10.1. The van der Waals surface area contributed by atoms with E-state index in [9.17, 15) is 4.79 Å². The van der Waals surface area contributed by atoms with Gasteiger partial charge in [0.25, 0.3) is 0 Å². The molecule has 0 bridgehead atoms. The van der Waals surface area contributed by atoms with Crippen LogP contribution in [0.1, 0.15) is 24.4 Å². The summed E-state index contributed by atoms with van der Waals surface area (Å²) in [5.74, 6) is 0.0829. The van der Waals surface area contributed by atoms with Gasteiger partial charge in [0.2, 0.25) is 5.91 Å². The Morgan fingerprint density at radius 3 is 3.20 bits per heavy atom. The fourth-order valence-corrected chi connectivity index (χ4v) is 2.22. The maximum atomic E-state index is 11.6. The highest BCUT2D eigenvalue weighted by Crippen LogP contribution is 2.31. The second-order valence-corrected chi connectivity index (χ2v) is 3.93. The van der Waals surface area contributed by atoms with Gasteiger partial charge in [-0.25, -0.2) is 0 Å². The van der Waals surface area contributed by atoms with Gasteiger partial charge in [-0.3, -0.25) is 9.78 Å². The lowest BCUT2D eigenvalue weighted by Gasteiger charge is -2.23. The van der Waals surface area contributed by atoms with Crippen molar-refractivity contribution in [3.8, 4) is 0 Å². The molecule has 4 heteroatoms. The van der Waals surface area contributed by atoms with Gasteiger partial charge in [0.15, 0.2) is 0 Å². The number of carbonyl (C=O) groups excluding carboxylic acids is 1. The minimum absolute atomic E-state index is 0.0167. The number of rotatable bonds is 2. The van der Waals surface area contributed by atoms with E-state index in [4.69, 9.17) is 11.6 Å². The lowest BCUT2D eigenvalue weighted by molar-refractivity contribution is -0.129. The third-order valence-electron chi connectivity index (χ3n) is 2.76. The zero-order chi connectivity index (χ0) is 10.7. The summed E-state index contributed by atoms with van der Waals surface area (Å²) in [6, 6.07) is 4.08. The van der Waals surface area contributed by atoms with Crippen LogP contribution in [-0.4, -0.2) is 28.2 Å². The van der Waals surface area contributed by atoms with Crippen LogP contribution in [0.4, 0.5) is 0 Å². The van der Waals surface area contributed by atoms with Crippen LogP contribution in [0, 0.1) is 0 Å². The molecule has 80 valence electrons. The Labute approximate surface area is 94.1 Å². The molecule has 0 N–H and O–H groups in total. The molecule has 0 spiro atoms. The quantitative estimate of drug-likeness (QED) is 0.720. The van der Waals surface area contributed by atoms with Crippen LogP contribution in [0.5, 0.6) is 0 Å². The number of carbonyl (C=O) groups is 1. The number of pyridine rings is 1. The van der Waals surface area contributed by atoms with E-state index in [1.165, 1.54) is 0 Å². The van der Waals surface area contributed by atoms with Crippen molar-refractivity contribution < 1.29 is 4.79 Å². The minimum Gasteiger partial charge on any atom is -0.335 e. The Hall–Kier alpha value is -1.09. The molecular weight excluding hydrogens is 212 g/mol. The molecule has 0 radical (unpaired) electrons. The Morgan fingerprint density at radius 2 is 2.53 bits per heavy atom. The first-order valence-corrected chi connectivity index (χ1v) is 5.61. The molecule has 0 aromatic carbocycles. The summed E-state index contributed by atoms with van der Waals surface area (Å²) in [4.78, 5) is 17.5. The fraction of sp³-hybridized carbons (Fsp3) is 0.455. The summed E-state index contributed by atoms with van der Waals surface area (Å²) < 4.78 is 0. The number of hydrogen-bond donors (Lipinski definition) is 0. The van der Waals surface area contributed by atoms with E-state index in [-0.39, 0.29) is 17.8 Å². The van der Waals surface area contributed by atoms with Crippen LogP contribution in [0.15, 0.2) is 24.5 Å². The van der Waals surface area contributed by atoms with E-state index < -0.39 is 0 Å². The van der Waals surface area contributed by atoms with E-state index in [0.29, 0.717) is 0 Å². The molecule has 2 rings (SSSR count). The Morgan fingerprint density at radius 1 is 1.67 bits per heavy atom. The molecule has 2 heterocycles. The highest BCUT2D eigenvalue weighted by Gasteiger charge is 2.29. The number of nitrogens with zero attached hydrogens (tertiary/aromatic N) is 2. The van der Waals surface area contributed by atoms with E-state index in [2.05, 4.69) is 4.98 Å². The van der Waals surface area contributed by atoms with Gasteiger partial charge in [0.1, 0.15) is 5.88 Å². The molecule has 1 fully saturated rings. The van der Waals surface area contributed by atoms with Crippen molar-refractivity contribution in [2.45, 2.75) is 18.9 Å². The van der Waals surface area contributed by atoms with Crippen molar-refractivity contribution >= 4 is 17.5 Å². The van der Waals surface area contributed by atoms with Gasteiger partial charge in [-0.2, -0.15) is 0 Å². The third-order valence-corrected chi connectivity index (χ3v) is 2.99. The average molecular weight is 225 g/mol. The van der Waals surface area contributed by atoms with Gasteiger partial charge in [-0.1, -0.05) is 6.07 Å². The van der Waals surface area contributed by atoms with E-state index in [0.717, 1.165) is 24.9 Å². The number of likely N-dealkylation sites (tertiary alicyclic amines) is 1. The van der Waals surface area contributed by atoms with Gasteiger partial charge < -0.3 is 4.90 Å². The van der Waals surface area contributed by atoms with Crippen molar-refractivity contribution in [3.63, 3.8) is 0 Å². The Bertz CT molecular complexity index is 342. The van der Waals surface area contributed by atoms with Crippen molar-refractivity contribution in [1.82, 2.24) is 9.88 Å². The largest absolute Gasteiger partial charge is 0.335 e. The predicted octanol–water partition coefficient (Wildman–Crippen LogP) is 1.98. The Balaban J connectivity index is 2.18. The molecule has 1 aliphatic rings. The molecule has 1 amide bonds. The number of hydrogen-bond acceptors (Lipinski definition) is 2. The summed E-state index contributed by atoms with van der Waals surface area (Å²) in [5.41, 5.74) is 1.11. The monoisotopic (exact) mass is 224 g/mol. The molecule has 1 atom stereocenters. The normalized spacial score (nSPS) is 20.6. The predicted molar refractivity (Wildman–Crippen MR) is 58.6 cm³/mol. The van der Waals surface area contributed by atoms with Crippen molar-refractivity contribution in [2.24, 2.45) is 0 Å². The van der Waals surface area contributed by atoms with E-state index >= 15 is 0 Å². The summed E-state index contributed by atoms with van der Waals surface area (Å²) >= 11 is 5.58. The van der Waals surface area contributed by atoms with Crippen LogP contribution in [-0.2, 0) is 4.79 Å². The van der Waals surface area contributed by atoms with Gasteiger partial charge in [0, 0.05) is 18.9 Å². The number of alkyl halides is 1. The minimum atomic E-state index is 0.0167. The first kappa shape index (κ1) is 10.4. The fourth-order valence-electron chi connectivity index (χ4n) is 2.06. The highest BCUT2D eigenvalue weighted by molar-refractivity contribution is 6.27. The molecule has 1 aromatic heterocycles. The van der Waals surface area contributed by atoms with Crippen LogP contribution in [0.3, 0.4) is 0 Å². The molecule has 1 saturated heterocycles. The van der Waals surface area contributed by atoms with Crippen LogP contribution >= 0.6 is 11.6 Å². The summed E-state index contributed by atoms with van der Waals surface area (Å²) in [6.45, 7) is 0.811. The van der Waals surface area contributed by atoms with E-state index in [1.807, 2.05) is 23.2 Å². The topological polar surface area (TPSA) is 33.2 Å². The van der Waals surface area contributed by atoms with Crippen molar-refractivity contribution in [1.29, 1.82) is 0 Å². The SMILES string of the molecule is O=C(CCl)N1CCC[C@H]1c1cccnc1. The first-order valence-electron chi connectivity index (χ1n) is 5.08. The Kier molecular flexibility index (Phi) is 3.21. The van der Waals surface area contributed by atoms with Crippen LogP contribution < -0.4 is 0 Å². The van der Waals surface area contributed by atoms with Gasteiger partial charge in [-0.15, -0.1) is 11.6 Å². The van der Waals surface area contributed by atoms with Gasteiger partial charge in [0.05, 0.1) is 6.04 Å². The summed E-state index contributed by atoms with van der Waals surface area (Å²) in [6.07, 6.45) is 5.62. The second-order valence-electron chi connectivity index (χ2n) is 3.67. The lowest BCUT2D eigenvalue weighted by Crippen LogP contribution is -2.31. The van der Waals surface area contributed by atoms with Gasteiger partial charge in [-0.05, 0) is 24.5 Å². The zero-order valence-corrected chi connectivity index (χ0v) is 9.15. The molecule has 0 saturated carbocycles. The molecule has 0 aliphatic carbocycles. The smallest absolute Gasteiger partial charge is 0.238 e. The average Bonchev–Trinajstić information content (AvgIpc) is 2.78. The first-order chi connectivity index (χ1) is 7.33. The highest BCUT2D eigenvalue weighted by atomic mass is 35.5. The summed E-state index contributed by atoms with van der Waals surface area (Å²) in [7, 11) is 0. The molecule has 0 unspecified atom stereocenters. The molecule has 1 aliphatic heterocycles. The second kappa shape index (κ2) is 4.62. The molecule has 15 heavy (non-hydrogen) atoms. The van der Waals surface area contributed by atoms with Crippen LogP contribution in [0.2, 0.25) is 0 Å².